The first-order chi connectivity index (χ1) is 8.70. The molecule has 4 nitrogen and oxygen atoms in total. The smallest absolute Gasteiger partial charge is 0.253 e. The molecule has 4 heteroatoms. The Labute approximate surface area is 106 Å². The highest BCUT2D eigenvalue weighted by molar-refractivity contribution is 5.94. The lowest BCUT2D eigenvalue weighted by molar-refractivity contribution is 0.0935. The Morgan fingerprint density at radius 2 is 2.39 bits per heavy atom. The minimum absolute atomic E-state index is 0.116. The summed E-state index contributed by atoms with van der Waals surface area (Å²) in [4.78, 5) is 15.9. The van der Waals surface area contributed by atoms with Crippen molar-refractivity contribution in [1.82, 2.24) is 10.3 Å². The van der Waals surface area contributed by atoms with Crippen LogP contribution in [-0.2, 0) is 0 Å². The Morgan fingerprint density at radius 3 is 3.06 bits per heavy atom. The molecule has 1 aliphatic rings. The maximum atomic E-state index is 12.0. The van der Waals surface area contributed by atoms with E-state index in [9.17, 15) is 4.79 Å². The van der Waals surface area contributed by atoms with Gasteiger partial charge in [-0.1, -0.05) is 11.8 Å². The summed E-state index contributed by atoms with van der Waals surface area (Å²) in [5, 5.41) is 11.6. The SMILES string of the molecule is CC(NC(=O)c1cncc(C#CCO)c1)C1CC1. The van der Waals surface area contributed by atoms with E-state index < -0.39 is 0 Å². The van der Waals surface area contributed by atoms with Gasteiger partial charge in [0.05, 0.1) is 5.56 Å². The summed E-state index contributed by atoms with van der Waals surface area (Å²) in [7, 11) is 0. The molecule has 0 radical (unpaired) electrons. The van der Waals surface area contributed by atoms with Crippen LogP contribution in [0.3, 0.4) is 0 Å². The van der Waals surface area contributed by atoms with Crippen molar-refractivity contribution in [3.8, 4) is 11.8 Å². The van der Waals surface area contributed by atoms with Crippen LogP contribution < -0.4 is 5.32 Å². The molecule has 94 valence electrons. The maximum Gasteiger partial charge on any atom is 0.253 e. The predicted octanol–water partition coefficient (Wildman–Crippen LogP) is 0.954. The van der Waals surface area contributed by atoms with Crippen molar-refractivity contribution in [1.29, 1.82) is 0 Å². The molecule has 1 aromatic heterocycles. The molecule has 1 unspecified atom stereocenters. The van der Waals surface area contributed by atoms with Crippen LogP contribution in [0.2, 0.25) is 0 Å². The third kappa shape index (κ3) is 3.31. The number of nitrogens with one attached hydrogen (secondary N) is 1. The van der Waals surface area contributed by atoms with Crippen LogP contribution in [0.15, 0.2) is 18.5 Å². The van der Waals surface area contributed by atoms with Crippen LogP contribution in [0.1, 0.15) is 35.7 Å². The van der Waals surface area contributed by atoms with Gasteiger partial charge >= 0.3 is 0 Å². The van der Waals surface area contributed by atoms with Crippen LogP contribution in [0.5, 0.6) is 0 Å². The number of amides is 1. The molecule has 1 aliphatic carbocycles. The van der Waals surface area contributed by atoms with Crippen LogP contribution >= 0.6 is 0 Å². The average molecular weight is 244 g/mol. The molecule has 0 bridgehead atoms. The van der Waals surface area contributed by atoms with Crippen molar-refractivity contribution in [2.75, 3.05) is 6.61 Å². The average Bonchev–Trinajstić information content (AvgIpc) is 3.21. The Bertz CT molecular complexity index is 498. The molecule has 1 aromatic rings. The third-order valence-corrected chi connectivity index (χ3v) is 3.00. The molecule has 1 fully saturated rings. The summed E-state index contributed by atoms with van der Waals surface area (Å²) >= 11 is 0. The lowest BCUT2D eigenvalue weighted by atomic mass is 10.1. The summed E-state index contributed by atoms with van der Waals surface area (Å²) in [6.45, 7) is 1.83. The van der Waals surface area contributed by atoms with Gasteiger partial charge in [0, 0.05) is 24.0 Å². The van der Waals surface area contributed by atoms with E-state index in [1.165, 1.54) is 19.0 Å². The summed E-state index contributed by atoms with van der Waals surface area (Å²) < 4.78 is 0. The van der Waals surface area contributed by atoms with Gasteiger partial charge in [0.25, 0.3) is 5.91 Å². The van der Waals surface area contributed by atoms with E-state index in [1.807, 2.05) is 6.92 Å². The molecule has 2 rings (SSSR count). The number of carbonyl (C=O) groups excluding carboxylic acids is 1. The van der Waals surface area contributed by atoms with E-state index >= 15 is 0 Å². The van der Waals surface area contributed by atoms with Gasteiger partial charge in [0.15, 0.2) is 0 Å². The second kappa shape index (κ2) is 5.65. The second-order valence-electron chi connectivity index (χ2n) is 4.52. The minimum atomic E-state index is -0.199. The van der Waals surface area contributed by atoms with Gasteiger partial charge in [-0.15, -0.1) is 0 Å². The molecule has 2 N–H and O–H groups in total. The van der Waals surface area contributed by atoms with Gasteiger partial charge < -0.3 is 10.4 Å². The first-order valence-electron chi connectivity index (χ1n) is 6.06. The molecule has 0 saturated heterocycles. The number of nitrogens with zero attached hydrogens (tertiary/aromatic N) is 1. The van der Waals surface area contributed by atoms with Crippen molar-refractivity contribution in [2.45, 2.75) is 25.8 Å². The highest BCUT2D eigenvalue weighted by Crippen LogP contribution is 2.32. The Balaban J connectivity index is 2.04. The molecule has 0 aromatic carbocycles. The molecule has 0 aliphatic heterocycles. The van der Waals surface area contributed by atoms with Crippen LogP contribution in [0, 0.1) is 17.8 Å². The molecule has 18 heavy (non-hydrogen) atoms. The van der Waals surface area contributed by atoms with Crippen molar-refractivity contribution in [3.05, 3.63) is 29.6 Å². The largest absolute Gasteiger partial charge is 0.384 e. The zero-order valence-corrected chi connectivity index (χ0v) is 10.3. The number of aromatic nitrogens is 1. The van der Waals surface area contributed by atoms with E-state index in [0.717, 1.165) is 0 Å². The van der Waals surface area contributed by atoms with Crippen molar-refractivity contribution in [3.63, 3.8) is 0 Å². The molecule has 1 saturated carbocycles. The van der Waals surface area contributed by atoms with Crippen LogP contribution in [0.25, 0.3) is 0 Å². The normalized spacial score (nSPS) is 15.4. The number of hydrogen-bond acceptors (Lipinski definition) is 3. The van der Waals surface area contributed by atoms with Crippen molar-refractivity contribution < 1.29 is 9.90 Å². The Morgan fingerprint density at radius 1 is 1.61 bits per heavy atom. The number of aliphatic hydroxyl groups excluding tert-OH is 1. The zero-order valence-electron chi connectivity index (χ0n) is 10.3. The van der Waals surface area contributed by atoms with Crippen LogP contribution in [0.4, 0.5) is 0 Å². The Kier molecular flexibility index (Phi) is 3.96. The summed E-state index contributed by atoms with van der Waals surface area (Å²) in [6, 6.07) is 1.90. The van der Waals surface area contributed by atoms with Gasteiger partial charge in [-0.2, -0.15) is 0 Å². The van der Waals surface area contributed by atoms with E-state index in [0.29, 0.717) is 17.0 Å². The Hall–Kier alpha value is -1.86. The van der Waals surface area contributed by atoms with Crippen LogP contribution in [-0.4, -0.2) is 28.6 Å². The molecule has 1 atom stereocenters. The summed E-state index contributed by atoms with van der Waals surface area (Å²) in [5.74, 6) is 5.78. The van der Waals surface area contributed by atoms with E-state index in [4.69, 9.17) is 5.11 Å². The molecule has 1 amide bonds. The van der Waals surface area contributed by atoms with Gasteiger partial charge in [-0.05, 0) is 31.7 Å². The zero-order chi connectivity index (χ0) is 13.0. The molecule has 1 heterocycles. The van der Waals surface area contributed by atoms with Gasteiger partial charge in [0.2, 0.25) is 0 Å². The maximum absolute atomic E-state index is 12.0. The van der Waals surface area contributed by atoms with Crippen molar-refractivity contribution in [2.24, 2.45) is 5.92 Å². The lowest BCUT2D eigenvalue weighted by Gasteiger charge is -2.12. The summed E-state index contributed by atoms with van der Waals surface area (Å²) in [5.41, 5.74) is 1.14. The molecular weight excluding hydrogens is 228 g/mol. The van der Waals surface area contributed by atoms with Gasteiger partial charge in [-0.3, -0.25) is 9.78 Å². The van der Waals surface area contributed by atoms with E-state index in [-0.39, 0.29) is 18.6 Å². The fraction of sp³-hybridized carbons (Fsp3) is 0.429. The highest BCUT2D eigenvalue weighted by Gasteiger charge is 2.29. The molecular formula is C14H16N2O2. The first-order valence-corrected chi connectivity index (χ1v) is 6.06. The predicted molar refractivity (Wildman–Crippen MR) is 67.9 cm³/mol. The minimum Gasteiger partial charge on any atom is -0.384 e. The number of aliphatic hydroxyl groups is 1. The second-order valence-corrected chi connectivity index (χ2v) is 4.52. The quantitative estimate of drug-likeness (QED) is 0.778. The topological polar surface area (TPSA) is 62.2 Å². The number of rotatable bonds is 3. The fourth-order valence-electron chi connectivity index (χ4n) is 1.78. The van der Waals surface area contributed by atoms with Crippen molar-refractivity contribution >= 4 is 5.91 Å². The summed E-state index contributed by atoms with van der Waals surface area (Å²) in [6.07, 6.45) is 5.49. The first kappa shape index (κ1) is 12.6. The number of carbonyl (C=O) groups is 1. The van der Waals surface area contributed by atoms with E-state index in [2.05, 4.69) is 22.1 Å². The van der Waals surface area contributed by atoms with Gasteiger partial charge in [-0.25, -0.2) is 0 Å². The lowest BCUT2D eigenvalue weighted by Crippen LogP contribution is -2.34. The number of pyridine rings is 1. The fourth-order valence-corrected chi connectivity index (χ4v) is 1.78. The monoisotopic (exact) mass is 244 g/mol. The third-order valence-electron chi connectivity index (χ3n) is 3.00. The molecule has 0 spiro atoms. The highest BCUT2D eigenvalue weighted by atomic mass is 16.2. The number of hydrogen-bond donors (Lipinski definition) is 2. The van der Waals surface area contributed by atoms with E-state index in [1.54, 1.807) is 12.3 Å². The standard InChI is InChI=1S/C14H16N2O2/c1-10(12-4-5-12)16-14(18)13-7-11(3-2-6-17)8-15-9-13/h7-10,12,17H,4-6H2,1H3,(H,16,18). The van der Waals surface area contributed by atoms with Gasteiger partial charge in [0.1, 0.15) is 6.61 Å².